The highest BCUT2D eigenvalue weighted by Gasteiger charge is 2.46. The highest BCUT2D eigenvalue weighted by Crippen LogP contribution is 2.41. The molecule has 1 aromatic heterocycles. The van der Waals surface area contributed by atoms with E-state index < -0.39 is 29.2 Å². The zero-order valence-corrected chi connectivity index (χ0v) is 18.8. The van der Waals surface area contributed by atoms with Gasteiger partial charge in [-0.3, -0.25) is 4.57 Å². The summed E-state index contributed by atoms with van der Waals surface area (Å²) in [5.74, 6) is 0.224. The molecule has 0 bridgehead atoms. The van der Waals surface area contributed by atoms with Crippen LogP contribution in [0.25, 0.3) is 10.9 Å². The number of para-hydroxylation sites is 1. The van der Waals surface area contributed by atoms with Crippen LogP contribution in [0, 0.1) is 0 Å². The van der Waals surface area contributed by atoms with Crippen LogP contribution in [0.4, 0.5) is 18.0 Å². The van der Waals surface area contributed by atoms with E-state index in [0.717, 1.165) is 10.8 Å². The van der Waals surface area contributed by atoms with Gasteiger partial charge in [0.1, 0.15) is 11.4 Å². The SMILES string of the molecule is CC(C)(C)OC(=O)n1cc(C(OC(=S)Oc2ccccc2)C(F)(F)F)c2ccc(Cl)cc21. The van der Waals surface area contributed by atoms with Gasteiger partial charge in [-0.15, -0.1) is 0 Å². The molecule has 0 spiro atoms. The number of nitrogens with zero attached hydrogens (tertiary/aromatic N) is 1. The maximum absolute atomic E-state index is 14.0. The fourth-order valence-corrected chi connectivity index (χ4v) is 3.27. The van der Waals surface area contributed by atoms with E-state index in [1.54, 1.807) is 39.0 Å². The third kappa shape index (κ3) is 5.72. The van der Waals surface area contributed by atoms with Crippen LogP contribution in [-0.4, -0.2) is 27.7 Å². The van der Waals surface area contributed by atoms with Crippen molar-refractivity contribution in [2.45, 2.75) is 38.7 Å². The van der Waals surface area contributed by atoms with Gasteiger partial charge < -0.3 is 14.2 Å². The third-order valence-electron chi connectivity index (χ3n) is 4.13. The first-order valence-electron chi connectivity index (χ1n) is 9.39. The maximum atomic E-state index is 14.0. The van der Waals surface area contributed by atoms with Crippen molar-refractivity contribution in [1.82, 2.24) is 4.57 Å². The van der Waals surface area contributed by atoms with Gasteiger partial charge in [-0.25, -0.2) is 4.79 Å². The fraction of sp³-hybridized carbons (Fsp3) is 0.273. The second kappa shape index (κ2) is 8.99. The molecular weight excluding hydrogens is 467 g/mol. The highest BCUT2D eigenvalue weighted by atomic mass is 35.5. The Kier molecular flexibility index (Phi) is 6.71. The van der Waals surface area contributed by atoms with E-state index in [0.29, 0.717) is 0 Å². The van der Waals surface area contributed by atoms with Gasteiger partial charge >= 0.3 is 17.5 Å². The highest BCUT2D eigenvalue weighted by molar-refractivity contribution is 7.79. The summed E-state index contributed by atoms with van der Waals surface area (Å²) in [5, 5.41) is -0.380. The topological polar surface area (TPSA) is 49.7 Å². The smallest absolute Gasteiger partial charge is 0.429 e. The number of aromatic nitrogens is 1. The minimum Gasteiger partial charge on any atom is -0.443 e. The van der Waals surface area contributed by atoms with Crippen LogP contribution in [0.2, 0.25) is 5.02 Å². The lowest BCUT2D eigenvalue weighted by Crippen LogP contribution is -2.28. The molecule has 2 aromatic carbocycles. The van der Waals surface area contributed by atoms with E-state index in [1.165, 1.54) is 30.3 Å². The molecule has 1 heterocycles. The number of thiocarbonyl (C=S) groups is 1. The fourth-order valence-electron chi connectivity index (χ4n) is 2.91. The molecule has 3 aromatic rings. The molecule has 0 amide bonds. The molecule has 0 saturated heterocycles. The number of halogens is 4. The van der Waals surface area contributed by atoms with Gasteiger partial charge in [-0.2, -0.15) is 13.2 Å². The zero-order valence-electron chi connectivity index (χ0n) is 17.3. The second-order valence-corrected chi connectivity index (χ2v) is 8.57. The van der Waals surface area contributed by atoms with Crippen molar-refractivity contribution in [2.75, 3.05) is 0 Å². The van der Waals surface area contributed by atoms with Gasteiger partial charge in [-0.05, 0) is 45.0 Å². The number of alkyl halides is 3. The third-order valence-corrected chi connectivity index (χ3v) is 4.54. The predicted molar refractivity (Wildman–Crippen MR) is 118 cm³/mol. The number of carbonyl (C=O) groups excluding carboxylic acids is 1. The lowest BCUT2D eigenvalue weighted by Gasteiger charge is -2.21. The summed E-state index contributed by atoms with van der Waals surface area (Å²) >= 11 is 10.9. The van der Waals surface area contributed by atoms with Crippen LogP contribution in [0.1, 0.15) is 32.4 Å². The average molecular weight is 486 g/mol. The van der Waals surface area contributed by atoms with Crippen molar-refractivity contribution in [3.05, 3.63) is 65.3 Å². The summed E-state index contributed by atoms with van der Waals surface area (Å²) < 4.78 is 58.5. The van der Waals surface area contributed by atoms with E-state index in [9.17, 15) is 18.0 Å². The number of fused-ring (bicyclic) bond motifs is 1. The Labute approximate surface area is 192 Å². The summed E-state index contributed by atoms with van der Waals surface area (Å²) in [6.45, 7) is 4.93. The standard InChI is InChI=1S/C22H19ClF3NO4S/c1-21(2,3)31-19(28)27-12-16(15-10-9-13(23)11-17(15)27)18(22(24,25)26)30-20(32)29-14-7-5-4-6-8-14/h4-12,18H,1-3H3. The Morgan fingerprint density at radius 2 is 1.75 bits per heavy atom. The maximum Gasteiger partial charge on any atom is 0.429 e. The monoisotopic (exact) mass is 485 g/mol. The Balaban J connectivity index is 2.03. The molecule has 1 unspecified atom stereocenters. The lowest BCUT2D eigenvalue weighted by atomic mass is 10.1. The van der Waals surface area contributed by atoms with Crippen LogP contribution in [0.15, 0.2) is 54.7 Å². The summed E-state index contributed by atoms with van der Waals surface area (Å²) in [6.07, 6.45) is -7.21. The van der Waals surface area contributed by atoms with Crippen molar-refractivity contribution in [2.24, 2.45) is 0 Å². The molecule has 3 rings (SSSR count). The molecule has 0 aliphatic carbocycles. The summed E-state index contributed by atoms with van der Waals surface area (Å²) in [5.41, 5.74) is -1.07. The molecule has 32 heavy (non-hydrogen) atoms. The molecule has 0 fully saturated rings. The van der Waals surface area contributed by atoms with Crippen LogP contribution in [0.5, 0.6) is 5.75 Å². The molecule has 0 saturated carbocycles. The van der Waals surface area contributed by atoms with Crippen molar-refractivity contribution < 1.29 is 32.2 Å². The first-order chi connectivity index (χ1) is 14.8. The number of rotatable bonds is 3. The van der Waals surface area contributed by atoms with Crippen LogP contribution < -0.4 is 4.74 Å². The van der Waals surface area contributed by atoms with E-state index in [1.807, 2.05) is 0 Å². The minimum absolute atomic E-state index is 0.102. The molecule has 10 heteroatoms. The minimum atomic E-state index is -4.86. The number of carbonyl (C=O) groups is 1. The Morgan fingerprint density at radius 1 is 1.09 bits per heavy atom. The van der Waals surface area contributed by atoms with Gasteiger partial charge in [0, 0.05) is 34.4 Å². The van der Waals surface area contributed by atoms with Gasteiger partial charge in [0.2, 0.25) is 6.10 Å². The van der Waals surface area contributed by atoms with Crippen molar-refractivity contribution >= 4 is 46.1 Å². The lowest BCUT2D eigenvalue weighted by molar-refractivity contribution is -0.203. The number of benzene rings is 2. The molecule has 5 nitrogen and oxygen atoms in total. The van der Waals surface area contributed by atoms with Gasteiger partial charge in [0.05, 0.1) is 5.52 Å². The van der Waals surface area contributed by atoms with E-state index >= 15 is 0 Å². The van der Waals surface area contributed by atoms with Crippen LogP contribution >= 0.6 is 23.8 Å². The van der Waals surface area contributed by atoms with Gasteiger partial charge in [0.25, 0.3) is 0 Å². The molecule has 1 atom stereocenters. The van der Waals surface area contributed by atoms with Crippen LogP contribution in [0.3, 0.4) is 0 Å². The molecule has 170 valence electrons. The van der Waals surface area contributed by atoms with Crippen LogP contribution in [-0.2, 0) is 9.47 Å². The normalized spacial score (nSPS) is 13.0. The molecular formula is C22H19ClF3NO4S. The average Bonchev–Trinajstić information content (AvgIpc) is 3.03. The predicted octanol–water partition coefficient (Wildman–Crippen LogP) is 7.06. The summed E-state index contributed by atoms with van der Waals surface area (Å²) in [7, 11) is 0. The number of hydrogen-bond acceptors (Lipinski definition) is 5. The largest absolute Gasteiger partial charge is 0.443 e. The molecule has 0 N–H and O–H groups in total. The van der Waals surface area contributed by atoms with E-state index in [2.05, 4.69) is 0 Å². The molecule has 0 radical (unpaired) electrons. The van der Waals surface area contributed by atoms with Gasteiger partial charge in [0.15, 0.2) is 0 Å². The Hall–Kier alpha value is -2.78. The second-order valence-electron chi connectivity index (χ2n) is 7.80. The Bertz CT molecular complexity index is 1140. The molecule has 0 aliphatic rings. The molecule has 0 aliphatic heterocycles. The quantitative estimate of drug-likeness (QED) is 0.372. The van der Waals surface area contributed by atoms with Crippen molar-refractivity contribution in [3.63, 3.8) is 0 Å². The van der Waals surface area contributed by atoms with Crippen molar-refractivity contribution in [1.29, 1.82) is 0 Å². The van der Waals surface area contributed by atoms with Crippen molar-refractivity contribution in [3.8, 4) is 5.75 Å². The Morgan fingerprint density at radius 3 is 2.34 bits per heavy atom. The first-order valence-corrected chi connectivity index (χ1v) is 10.2. The number of hydrogen-bond donors (Lipinski definition) is 0. The van der Waals surface area contributed by atoms with E-state index in [4.69, 9.17) is 38.0 Å². The van der Waals surface area contributed by atoms with Gasteiger partial charge in [-0.1, -0.05) is 35.9 Å². The summed E-state index contributed by atoms with van der Waals surface area (Å²) in [6, 6.07) is 12.2. The number of ether oxygens (including phenoxy) is 3. The first kappa shape index (κ1) is 23.9. The summed E-state index contributed by atoms with van der Waals surface area (Å²) in [4.78, 5) is 12.7. The zero-order chi connectivity index (χ0) is 23.7. The van der Waals surface area contributed by atoms with E-state index in [-0.39, 0.29) is 27.2 Å².